The van der Waals surface area contributed by atoms with Crippen molar-refractivity contribution < 1.29 is 14.7 Å². The van der Waals surface area contributed by atoms with Crippen LogP contribution in [0.4, 0.5) is 0 Å². The van der Waals surface area contributed by atoms with Crippen LogP contribution in [0.25, 0.3) is 0 Å². The molecule has 0 rings (SSSR count). The maximum atomic E-state index is 11.2. The number of carboxylic acids is 1. The van der Waals surface area contributed by atoms with Crippen LogP contribution in [-0.4, -0.2) is 54.0 Å². The van der Waals surface area contributed by atoms with E-state index in [1.54, 1.807) is 0 Å². The monoisotopic (exact) mass is 258 g/mol. The van der Waals surface area contributed by atoms with Gasteiger partial charge in [-0.25, -0.2) is 0 Å². The van der Waals surface area contributed by atoms with Crippen LogP contribution in [0.3, 0.4) is 0 Å². The van der Waals surface area contributed by atoms with Gasteiger partial charge < -0.3 is 15.3 Å². The summed E-state index contributed by atoms with van der Waals surface area (Å²) in [5.41, 5.74) is 0. The fourth-order valence-electron chi connectivity index (χ4n) is 1.81. The molecule has 0 aliphatic rings. The smallest absolute Gasteiger partial charge is 0.305 e. The number of rotatable bonds is 11. The molecule has 0 saturated carbocycles. The Hall–Kier alpha value is -0.940. The molecule has 1 atom stereocenters. The summed E-state index contributed by atoms with van der Waals surface area (Å²) in [6.07, 6.45) is 1.89. The number of carboxylic acid groups (broad SMARTS) is 1. The highest BCUT2D eigenvalue weighted by Gasteiger charge is 2.16. The van der Waals surface area contributed by atoms with Crippen molar-refractivity contribution in [1.82, 2.24) is 10.2 Å². The fraction of sp³-hybridized carbons (Fsp3) is 0.846. The van der Waals surface area contributed by atoms with Crippen molar-refractivity contribution in [2.24, 2.45) is 0 Å². The van der Waals surface area contributed by atoms with Gasteiger partial charge in [0.25, 0.3) is 0 Å². The summed E-state index contributed by atoms with van der Waals surface area (Å²) in [5, 5.41) is 11.7. The molecule has 2 N–H and O–H groups in total. The Morgan fingerprint density at radius 1 is 1.22 bits per heavy atom. The van der Waals surface area contributed by atoms with Gasteiger partial charge in [-0.05, 0) is 45.9 Å². The molecule has 0 amide bonds. The van der Waals surface area contributed by atoms with Gasteiger partial charge in [-0.3, -0.25) is 9.59 Å². The maximum Gasteiger partial charge on any atom is 0.305 e. The van der Waals surface area contributed by atoms with Gasteiger partial charge in [-0.1, -0.05) is 13.8 Å². The van der Waals surface area contributed by atoms with E-state index in [0.29, 0.717) is 6.54 Å². The molecule has 0 aromatic rings. The largest absolute Gasteiger partial charge is 0.481 e. The summed E-state index contributed by atoms with van der Waals surface area (Å²) < 4.78 is 0. The van der Waals surface area contributed by atoms with E-state index in [9.17, 15) is 9.59 Å². The second-order valence-corrected chi connectivity index (χ2v) is 4.45. The SMILES string of the molecule is CCN(CC)CCCCNC(CC(=O)O)C(C)=O. The van der Waals surface area contributed by atoms with Crippen LogP contribution in [0.1, 0.15) is 40.0 Å². The number of Topliss-reactive ketones (excluding diaryl/α,β-unsaturated/α-hetero) is 1. The Morgan fingerprint density at radius 2 is 1.83 bits per heavy atom. The Bertz CT molecular complexity index is 253. The van der Waals surface area contributed by atoms with Crippen LogP contribution in [0.15, 0.2) is 0 Å². The van der Waals surface area contributed by atoms with Crippen molar-refractivity contribution in [3.05, 3.63) is 0 Å². The molecular formula is C13H26N2O3. The third-order valence-electron chi connectivity index (χ3n) is 3.06. The number of nitrogens with zero attached hydrogens (tertiary/aromatic N) is 1. The van der Waals surface area contributed by atoms with Gasteiger partial charge in [0.05, 0.1) is 12.5 Å². The molecule has 0 aliphatic carbocycles. The Morgan fingerprint density at radius 3 is 2.28 bits per heavy atom. The molecular weight excluding hydrogens is 232 g/mol. The number of aliphatic carboxylic acids is 1. The quantitative estimate of drug-likeness (QED) is 0.544. The predicted octanol–water partition coefficient (Wildman–Crippen LogP) is 1.13. The molecule has 18 heavy (non-hydrogen) atoms. The fourth-order valence-corrected chi connectivity index (χ4v) is 1.81. The molecule has 0 spiro atoms. The summed E-state index contributed by atoms with van der Waals surface area (Å²) >= 11 is 0. The van der Waals surface area contributed by atoms with Crippen molar-refractivity contribution in [1.29, 1.82) is 0 Å². The average molecular weight is 258 g/mol. The topological polar surface area (TPSA) is 69.6 Å². The predicted molar refractivity (Wildman–Crippen MR) is 71.7 cm³/mol. The first-order chi connectivity index (χ1) is 8.51. The highest BCUT2D eigenvalue weighted by Crippen LogP contribution is 1.97. The first-order valence-electron chi connectivity index (χ1n) is 6.69. The van der Waals surface area contributed by atoms with Crippen molar-refractivity contribution in [3.8, 4) is 0 Å². The summed E-state index contributed by atoms with van der Waals surface area (Å²) in [7, 11) is 0. The van der Waals surface area contributed by atoms with Gasteiger partial charge in [-0.15, -0.1) is 0 Å². The van der Waals surface area contributed by atoms with Crippen molar-refractivity contribution in [2.75, 3.05) is 26.2 Å². The zero-order chi connectivity index (χ0) is 14.0. The van der Waals surface area contributed by atoms with E-state index in [1.165, 1.54) is 6.92 Å². The van der Waals surface area contributed by atoms with Crippen LogP contribution >= 0.6 is 0 Å². The Kier molecular flexibility index (Phi) is 9.50. The van der Waals surface area contributed by atoms with Crippen molar-refractivity contribution in [2.45, 2.75) is 46.1 Å². The van der Waals surface area contributed by atoms with E-state index < -0.39 is 12.0 Å². The lowest BCUT2D eigenvalue weighted by molar-refractivity contribution is -0.139. The van der Waals surface area contributed by atoms with Gasteiger partial charge in [0.1, 0.15) is 5.78 Å². The molecule has 5 heteroatoms. The van der Waals surface area contributed by atoms with Gasteiger partial charge in [0.15, 0.2) is 0 Å². The molecule has 0 aliphatic heterocycles. The van der Waals surface area contributed by atoms with Crippen LogP contribution in [-0.2, 0) is 9.59 Å². The summed E-state index contributed by atoms with van der Waals surface area (Å²) in [6, 6.07) is -0.545. The lowest BCUT2D eigenvalue weighted by Crippen LogP contribution is -2.38. The van der Waals surface area contributed by atoms with Gasteiger partial charge in [0.2, 0.25) is 0 Å². The maximum absolute atomic E-state index is 11.2. The number of carbonyl (C=O) groups excluding carboxylic acids is 1. The van der Waals surface area contributed by atoms with Crippen LogP contribution in [0.5, 0.6) is 0 Å². The molecule has 0 bridgehead atoms. The molecule has 0 saturated heterocycles. The normalized spacial score (nSPS) is 12.7. The lowest BCUT2D eigenvalue weighted by Gasteiger charge is -2.18. The molecule has 0 aromatic carbocycles. The molecule has 0 radical (unpaired) electrons. The van der Waals surface area contributed by atoms with E-state index in [0.717, 1.165) is 32.5 Å². The Labute approximate surface area is 110 Å². The van der Waals surface area contributed by atoms with Crippen LogP contribution in [0.2, 0.25) is 0 Å². The first kappa shape index (κ1) is 17.1. The zero-order valence-corrected chi connectivity index (χ0v) is 11.7. The first-order valence-corrected chi connectivity index (χ1v) is 6.69. The van der Waals surface area contributed by atoms with Crippen LogP contribution in [0, 0.1) is 0 Å². The minimum atomic E-state index is -0.939. The molecule has 5 nitrogen and oxygen atoms in total. The van der Waals surface area contributed by atoms with Gasteiger partial charge in [0, 0.05) is 0 Å². The molecule has 0 heterocycles. The number of nitrogens with one attached hydrogen (secondary N) is 1. The number of hydrogen-bond donors (Lipinski definition) is 2. The molecule has 106 valence electrons. The highest BCUT2D eigenvalue weighted by atomic mass is 16.4. The second kappa shape index (κ2) is 10.0. The summed E-state index contributed by atoms with van der Waals surface area (Å²) in [5.74, 6) is -1.05. The van der Waals surface area contributed by atoms with E-state index in [-0.39, 0.29) is 12.2 Å². The summed E-state index contributed by atoms with van der Waals surface area (Å²) in [6.45, 7) is 9.56. The van der Waals surface area contributed by atoms with E-state index in [2.05, 4.69) is 24.1 Å². The zero-order valence-electron chi connectivity index (χ0n) is 11.7. The third-order valence-corrected chi connectivity index (χ3v) is 3.06. The minimum absolute atomic E-state index is 0.110. The summed E-state index contributed by atoms with van der Waals surface area (Å²) in [4.78, 5) is 24.1. The van der Waals surface area contributed by atoms with E-state index in [4.69, 9.17) is 5.11 Å². The highest BCUT2D eigenvalue weighted by molar-refractivity contribution is 5.85. The Balaban J connectivity index is 3.73. The molecule has 1 unspecified atom stereocenters. The van der Waals surface area contributed by atoms with Crippen LogP contribution < -0.4 is 5.32 Å². The molecule has 0 fully saturated rings. The number of hydrogen-bond acceptors (Lipinski definition) is 4. The lowest BCUT2D eigenvalue weighted by atomic mass is 10.1. The number of carbonyl (C=O) groups is 2. The number of unbranched alkanes of at least 4 members (excludes halogenated alkanes) is 1. The minimum Gasteiger partial charge on any atom is -0.481 e. The van der Waals surface area contributed by atoms with Gasteiger partial charge >= 0.3 is 5.97 Å². The second-order valence-electron chi connectivity index (χ2n) is 4.45. The average Bonchev–Trinajstić information content (AvgIpc) is 2.31. The van der Waals surface area contributed by atoms with E-state index >= 15 is 0 Å². The standard InChI is InChI=1S/C13H26N2O3/c1-4-15(5-2)9-7-6-8-14-12(11(3)16)10-13(17)18/h12,14H,4-10H2,1-3H3,(H,17,18). The molecule has 0 aromatic heterocycles. The van der Waals surface area contributed by atoms with Crippen molar-refractivity contribution >= 4 is 11.8 Å². The number of ketones is 1. The third kappa shape index (κ3) is 8.20. The van der Waals surface area contributed by atoms with E-state index in [1.807, 2.05) is 0 Å². The van der Waals surface area contributed by atoms with Crippen molar-refractivity contribution in [3.63, 3.8) is 0 Å². The van der Waals surface area contributed by atoms with Gasteiger partial charge in [-0.2, -0.15) is 0 Å².